The van der Waals surface area contributed by atoms with E-state index in [9.17, 15) is 9.90 Å². The third-order valence-corrected chi connectivity index (χ3v) is 3.89. The van der Waals surface area contributed by atoms with Gasteiger partial charge in [-0.3, -0.25) is 9.36 Å². The largest absolute Gasteiger partial charge is 0.478 e. The van der Waals surface area contributed by atoms with Crippen LogP contribution in [0.5, 0.6) is 0 Å². The van der Waals surface area contributed by atoms with Crippen LogP contribution in [0, 0.1) is 0 Å². The number of aryl methyl sites for hydroxylation is 1. The van der Waals surface area contributed by atoms with Crippen molar-refractivity contribution in [2.75, 3.05) is 0 Å². The van der Waals surface area contributed by atoms with Crippen molar-refractivity contribution in [3.05, 3.63) is 24.2 Å². The van der Waals surface area contributed by atoms with E-state index >= 15 is 0 Å². The van der Waals surface area contributed by atoms with Gasteiger partial charge in [-0.15, -0.1) is 0 Å². The average molecular weight is 274 g/mol. The zero-order valence-corrected chi connectivity index (χ0v) is 11.5. The number of hydrogen-bond acceptors (Lipinski definition) is 3. The first-order chi connectivity index (χ1) is 9.65. The van der Waals surface area contributed by atoms with Gasteiger partial charge in [-0.2, -0.15) is 10.2 Å². The van der Waals surface area contributed by atoms with Gasteiger partial charge in [0.1, 0.15) is 11.3 Å². The van der Waals surface area contributed by atoms with Gasteiger partial charge in [0.15, 0.2) is 0 Å². The quantitative estimate of drug-likeness (QED) is 0.933. The van der Waals surface area contributed by atoms with Crippen LogP contribution in [0.15, 0.2) is 18.6 Å². The average Bonchev–Trinajstić information content (AvgIpc) is 3.05. The lowest BCUT2D eigenvalue weighted by Crippen LogP contribution is -2.13. The number of aromatic nitrogens is 4. The monoisotopic (exact) mass is 274 g/mol. The summed E-state index contributed by atoms with van der Waals surface area (Å²) in [6.07, 6.45) is 10.9. The summed E-state index contributed by atoms with van der Waals surface area (Å²) >= 11 is 0. The Morgan fingerprint density at radius 3 is 2.65 bits per heavy atom. The molecule has 0 radical (unpaired) electrons. The Hall–Kier alpha value is -2.11. The predicted molar refractivity (Wildman–Crippen MR) is 73.5 cm³/mol. The van der Waals surface area contributed by atoms with E-state index in [1.165, 1.54) is 19.3 Å². The van der Waals surface area contributed by atoms with Crippen LogP contribution in [0.1, 0.15) is 48.5 Å². The van der Waals surface area contributed by atoms with Crippen LogP contribution >= 0.6 is 0 Å². The van der Waals surface area contributed by atoms with Gasteiger partial charge >= 0.3 is 5.97 Å². The van der Waals surface area contributed by atoms with Crippen molar-refractivity contribution in [1.82, 2.24) is 19.6 Å². The number of carboxylic acid groups (broad SMARTS) is 1. The summed E-state index contributed by atoms with van der Waals surface area (Å²) in [7, 11) is 1.81. The summed E-state index contributed by atoms with van der Waals surface area (Å²) in [5.41, 5.74) is 1.51. The molecule has 0 unspecified atom stereocenters. The molecule has 106 valence electrons. The number of carboxylic acids is 1. The molecule has 0 atom stereocenters. The molecule has 1 fully saturated rings. The van der Waals surface area contributed by atoms with Crippen molar-refractivity contribution in [2.45, 2.75) is 38.1 Å². The van der Waals surface area contributed by atoms with Crippen molar-refractivity contribution in [3.8, 4) is 11.3 Å². The molecule has 0 saturated heterocycles. The Balaban J connectivity index is 2.00. The molecule has 0 amide bonds. The standard InChI is InChI=1S/C14H18N4O2/c1-17-8-10(7-15-17)13-12(14(19)20)9-18(16-13)11-5-3-2-4-6-11/h7-9,11H,2-6H2,1H3,(H,19,20). The maximum Gasteiger partial charge on any atom is 0.339 e. The third kappa shape index (κ3) is 2.33. The van der Waals surface area contributed by atoms with Gasteiger partial charge in [-0.1, -0.05) is 19.3 Å². The second kappa shape index (κ2) is 5.11. The topological polar surface area (TPSA) is 72.9 Å². The van der Waals surface area contributed by atoms with E-state index in [0.29, 0.717) is 11.7 Å². The Kier molecular flexibility index (Phi) is 3.30. The van der Waals surface area contributed by atoms with Gasteiger partial charge < -0.3 is 5.11 Å². The fraction of sp³-hybridized carbons (Fsp3) is 0.500. The first-order valence-electron chi connectivity index (χ1n) is 6.96. The highest BCUT2D eigenvalue weighted by Crippen LogP contribution is 2.30. The summed E-state index contributed by atoms with van der Waals surface area (Å²) in [5.74, 6) is -0.939. The Bertz CT molecular complexity index is 623. The van der Waals surface area contributed by atoms with Gasteiger partial charge in [0.2, 0.25) is 0 Å². The van der Waals surface area contributed by atoms with Crippen LogP contribution in [0.3, 0.4) is 0 Å². The molecule has 0 aliphatic heterocycles. The fourth-order valence-corrected chi connectivity index (χ4v) is 2.84. The maximum absolute atomic E-state index is 11.4. The molecule has 6 nitrogen and oxygen atoms in total. The molecule has 2 aromatic heterocycles. The Labute approximate surface area is 117 Å². The SMILES string of the molecule is Cn1cc(-c2nn(C3CCCCC3)cc2C(=O)O)cn1. The minimum Gasteiger partial charge on any atom is -0.478 e. The lowest BCUT2D eigenvalue weighted by molar-refractivity contribution is 0.0697. The van der Waals surface area contributed by atoms with E-state index in [1.807, 2.05) is 11.7 Å². The van der Waals surface area contributed by atoms with Crippen LogP contribution in [-0.2, 0) is 7.05 Å². The second-order valence-corrected chi connectivity index (χ2v) is 5.37. The summed E-state index contributed by atoms with van der Waals surface area (Å²) in [5, 5.41) is 18.0. The summed E-state index contributed by atoms with van der Waals surface area (Å²) in [6, 6.07) is 0.326. The molecule has 1 N–H and O–H groups in total. The highest BCUT2D eigenvalue weighted by molar-refractivity contribution is 5.94. The summed E-state index contributed by atoms with van der Waals surface area (Å²) < 4.78 is 3.49. The van der Waals surface area contributed by atoms with Gasteiger partial charge in [-0.25, -0.2) is 4.79 Å². The molecule has 2 aromatic rings. The van der Waals surface area contributed by atoms with Crippen LogP contribution < -0.4 is 0 Å². The molecule has 1 aliphatic rings. The van der Waals surface area contributed by atoms with Crippen molar-refractivity contribution in [2.24, 2.45) is 7.05 Å². The molecular weight excluding hydrogens is 256 g/mol. The minimum atomic E-state index is -0.939. The van der Waals surface area contributed by atoms with Crippen LogP contribution in [0.2, 0.25) is 0 Å². The van der Waals surface area contributed by atoms with E-state index in [4.69, 9.17) is 0 Å². The first-order valence-corrected chi connectivity index (χ1v) is 6.96. The van der Waals surface area contributed by atoms with Crippen LogP contribution in [0.25, 0.3) is 11.3 Å². The van der Waals surface area contributed by atoms with Crippen molar-refractivity contribution >= 4 is 5.97 Å². The second-order valence-electron chi connectivity index (χ2n) is 5.37. The van der Waals surface area contributed by atoms with Crippen molar-refractivity contribution in [3.63, 3.8) is 0 Å². The van der Waals surface area contributed by atoms with Crippen LogP contribution in [-0.4, -0.2) is 30.6 Å². The highest BCUT2D eigenvalue weighted by Gasteiger charge is 2.22. The molecule has 0 spiro atoms. The molecule has 20 heavy (non-hydrogen) atoms. The van der Waals surface area contributed by atoms with E-state index in [2.05, 4.69) is 10.2 Å². The molecule has 1 saturated carbocycles. The van der Waals surface area contributed by atoms with Gasteiger partial charge in [-0.05, 0) is 12.8 Å². The fourth-order valence-electron chi connectivity index (χ4n) is 2.84. The smallest absolute Gasteiger partial charge is 0.339 e. The number of carbonyl (C=O) groups is 1. The summed E-state index contributed by atoms with van der Waals surface area (Å²) in [6.45, 7) is 0. The molecule has 0 aromatic carbocycles. The van der Waals surface area contributed by atoms with Crippen molar-refractivity contribution in [1.29, 1.82) is 0 Å². The van der Waals surface area contributed by atoms with E-state index < -0.39 is 5.97 Å². The molecular formula is C14H18N4O2. The molecule has 6 heteroatoms. The normalized spacial score (nSPS) is 16.4. The van der Waals surface area contributed by atoms with Gasteiger partial charge in [0.25, 0.3) is 0 Å². The number of hydrogen-bond donors (Lipinski definition) is 1. The third-order valence-electron chi connectivity index (χ3n) is 3.89. The van der Waals surface area contributed by atoms with Crippen LogP contribution in [0.4, 0.5) is 0 Å². The van der Waals surface area contributed by atoms with Gasteiger partial charge in [0, 0.05) is 25.0 Å². The Morgan fingerprint density at radius 1 is 1.30 bits per heavy atom. The maximum atomic E-state index is 11.4. The molecule has 3 rings (SSSR count). The number of nitrogens with zero attached hydrogens (tertiary/aromatic N) is 4. The lowest BCUT2D eigenvalue weighted by atomic mass is 9.96. The zero-order chi connectivity index (χ0) is 14.1. The Morgan fingerprint density at radius 2 is 2.05 bits per heavy atom. The first kappa shape index (κ1) is 12.9. The van der Waals surface area contributed by atoms with E-state index in [1.54, 1.807) is 23.3 Å². The molecule has 2 heterocycles. The molecule has 0 bridgehead atoms. The predicted octanol–water partition coefficient (Wildman–Crippen LogP) is 2.49. The highest BCUT2D eigenvalue weighted by atomic mass is 16.4. The number of aromatic carboxylic acids is 1. The van der Waals surface area contributed by atoms with E-state index in [0.717, 1.165) is 18.4 Å². The summed E-state index contributed by atoms with van der Waals surface area (Å²) in [4.78, 5) is 11.4. The minimum absolute atomic E-state index is 0.253. The van der Waals surface area contributed by atoms with Crippen molar-refractivity contribution < 1.29 is 9.90 Å². The van der Waals surface area contributed by atoms with E-state index in [-0.39, 0.29) is 5.56 Å². The number of rotatable bonds is 3. The van der Waals surface area contributed by atoms with Gasteiger partial charge in [0.05, 0.1) is 12.2 Å². The zero-order valence-electron chi connectivity index (χ0n) is 11.5. The lowest BCUT2D eigenvalue weighted by Gasteiger charge is -2.21. The molecule has 1 aliphatic carbocycles.